The normalized spacial score (nSPS) is 14.2. The number of halogens is 5. The Morgan fingerprint density at radius 1 is 1.13 bits per heavy atom. The maximum atomic E-state index is 13.8. The monoisotopic (exact) mass is 433 g/mol. The molecular formula is C17H16F5N5O3. The molecule has 1 fully saturated rings. The number of carbonyl (C=O) groups excluding carboxylic acids is 1. The van der Waals surface area contributed by atoms with Gasteiger partial charge < -0.3 is 20.1 Å². The zero-order chi connectivity index (χ0) is 22.1. The Labute approximate surface area is 166 Å². The van der Waals surface area contributed by atoms with E-state index in [1.165, 1.54) is 13.0 Å². The number of amides is 1. The average Bonchev–Trinajstić information content (AvgIpc) is 3.38. The SMILES string of the molecule is CC(=O)Nc1cc(Nc2cc(OC3CC3)nc(C(C)(F)F)n2)c(OC(F)(F)F)cn1. The summed E-state index contributed by atoms with van der Waals surface area (Å²) in [5.74, 6) is -6.09. The summed E-state index contributed by atoms with van der Waals surface area (Å²) in [6, 6.07) is 2.21. The highest BCUT2D eigenvalue weighted by molar-refractivity contribution is 5.88. The second-order valence-corrected chi connectivity index (χ2v) is 6.54. The molecule has 3 rings (SSSR count). The molecule has 1 aliphatic carbocycles. The van der Waals surface area contributed by atoms with Gasteiger partial charge in [-0.1, -0.05) is 0 Å². The minimum absolute atomic E-state index is 0.0934. The van der Waals surface area contributed by atoms with E-state index in [0.717, 1.165) is 25.1 Å². The average molecular weight is 433 g/mol. The number of hydrogen-bond donors (Lipinski definition) is 2. The number of alkyl halides is 5. The molecule has 2 aromatic heterocycles. The van der Waals surface area contributed by atoms with E-state index in [9.17, 15) is 26.7 Å². The van der Waals surface area contributed by atoms with E-state index in [1.54, 1.807) is 0 Å². The van der Waals surface area contributed by atoms with Crippen LogP contribution in [-0.4, -0.2) is 33.3 Å². The fourth-order valence-electron chi connectivity index (χ4n) is 2.24. The zero-order valence-electron chi connectivity index (χ0n) is 15.7. The van der Waals surface area contributed by atoms with Crippen molar-refractivity contribution in [2.45, 2.75) is 45.1 Å². The van der Waals surface area contributed by atoms with Gasteiger partial charge in [0.1, 0.15) is 17.7 Å². The molecule has 0 unspecified atom stereocenters. The highest BCUT2D eigenvalue weighted by Crippen LogP contribution is 2.35. The Morgan fingerprint density at radius 3 is 2.40 bits per heavy atom. The smallest absolute Gasteiger partial charge is 0.474 e. The zero-order valence-corrected chi connectivity index (χ0v) is 15.7. The summed E-state index contributed by atoms with van der Waals surface area (Å²) in [5, 5.41) is 4.77. The minimum Gasteiger partial charge on any atom is -0.474 e. The van der Waals surface area contributed by atoms with Crippen LogP contribution in [0.5, 0.6) is 11.6 Å². The molecule has 2 heterocycles. The molecule has 0 atom stereocenters. The van der Waals surface area contributed by atoms with E-state index in [2.05, 4.69) is 30.3 Å². The summed E-state index contributed by atoms with van der Waals surface area (Å²) < 4.78 is 75.0. The first-order valence-corrected chi connectivity index (χ1v) is 8.63. The Kier molecular flexibility index (Phi) is 5.63. The lowest BCUT2D eigenvalue weighted by molar-refractivity contribution is -0.274. The van der Waals surface area contributed by atoms with Crippen LogP contribution in [0.1, 0.15) is 32.5 Å². The van der Waals surface area contributed by atoms with E-state index in [-0.39, 0.29) is 29.3 Å². The molecule has 0 radical (unpaired) electrons. The second-order valence-electron chi connectivity index (χ2n) is 6.54. The molecule has 0 aliphatic heterocycles. The quantitative estimate of drug-likeness (QED) is 0.634. The van der Waals surface area contributed by atoms with Gasteiger partial charge in [0.2, 0.25) is 17.6 Å². The molecule has 0 spiro atoms. The number of aromatic nitrogens is 3. The maximum absolute atomic E-state index is 13.8. The first-order valence-electron chi connectivity index (χ1n) is 8.63. The van der Waals surface area contributed by atoms with Crippen LogP contribution < -0.4 is 20.1 Å². The molecular weight excluding hydrogens is 417 g/mol. The highest BCUT2D eigenvalue weighted by atomic mass is 19.4. The number of pyridine rings is 1. The molecule has 162 valence electrons. The van der Waals surface area contributed by atoms with E-state index >= 15 is 0 Å². The lowest BCUT2D eigenvalue weighted by Gasteiger charge is -2.17. The standard InChI is InChI=1S/C17H16F5N5O3/c1-8(28)24-12-5-10(11(7-23-12)30-17(20,21)22)25-13-6-14(29-9-3-4-9)27-15(26-13)16(2,18)19/h5-7,9H,3-4H2,1-2H3,(H2,23,24,25,26,27,28). The summed E-state index contributed by atoms with van der Waals surface area (Å²) in [6.45, 7) is 1.75. The first kappa shape index (κ1) is 21.5. The summed E-state index contributed by atoms with van der Waals surface area (Å²) in [6.07, 6.45) is -3.01. The topological polar surface area (TPSA) is 98.3 Å². The molecule has 30 heavy (non-hydrogen) atoms. The predicted molar refractivity (Wildman–Crippen MR) is 93.8 cm³/mol. The van der Waals surface area contributed by atoms with Crippen molar-refractivity contribution in [3.05, 3.63) is 24.2 Å². The largest absolute Gasteiger partial charge is 0.573 e. The van der Waals surface area contributed by atoms with Gasteiger partial charge in [-0.3, -0.25) is 4.79 Å². The van der Waals surface area contributed by atoms with Gasteiger partial charge in [-0.2, -0.15) is 13.8 Å². The molecule has 8 nitrogen and oxygen atoms in total. The van der Waals surface area contributed by atoms with Crippen LogP contribution in [0.4, 0.5) is 39.3 Å². The molecule has 0 bridgehead atoms. The number of ether oxygens (including phenoxy) is 2. The van der Waals surface area contributed by atoms with Crippen LogP contribution in [0.15, 0.2) is 18.3 Å². The van der Waals surface area contributed by atoms with Crippen molar-refractivity contribution in [1.29, 1.82) is 0 Å². The van der Waals surface area contributed by atoms with E-state index in [0.29, 0.717) is 6.92 Å². The second kappa shape index (κ2) is 7.88. The van der Waals surface area contributed by atoms with Crippen LogP contribution in [0.2, 0.25) is 0 Å². The predicted octanol–water partition coefficient (Wildman–Crippen LogP) is 4.13. The molecule has 2 aromatic rings. The molecule has 0 aromatic carbocycles. The maximum Gasteiger partial charge on any atom is 0.573 e. The van der Waals surface area contributed by atoms with E-state index in [1.807, 2.05) is 0 Å². The third-order valence-electron chi connectivity index (χ3n) is 3.57. The Morgan fingerprint density at radius 2 is 1.83 bits per heavy atom. The minimum atomic E-state index is -5.04. The Hall–Kier alpha value is -3.25. The highest BCUT2D eigenvalue weighted by Gasteiger charge is 2.34. The van der Waals surface area contributed by atoms with Crippen LogP contribution in [-0.2, 0) is 10.7 Å². The van der Waals surface area contributed by atoms with Crippen molar-refractivity contribution in [3.63, 3.8) is 0 Å². The number of carbonyl (C=O) groups is 1. The van der Waals surface area contributed by atoms with Crippen molar-refractivity contribution in [1.82, 2.24) is 15.0 Å². The fraction of sp³-hybridized carbons (Fsp3) is 0.412. The van der Waals surface area contributed by atoms with Crippen molar-refractivity contribution in [2.75, 3.05) is 10.6 Å². The molecule has 1 saturated carbocycles. The first-order chi connectivity index (χ1) is 13.9. The summed E-state index contributed by atoms with van der Waals surface area (Å²) >= 11 is 0. The van der Waals surface area contributed by atoms with Crippen LogP contribution >= 0.6 is 0 Å². The van der Waals surface area contributed by atoms with Crippen LogP contribution in [0.25, 0.3) is 0 Å². The van der Waals surface area contributed by atoms with Gasteiger partial charge in [-0.25, -0.2) is 9.97 Å². The molecule has 1 aliphatic rings. The van der Waals surface area contributed by atoms with Gasteiger partial charge in [0.05, 0.1) is 11.9 Å². The van der Waals surface area contributed by atoms with Gasteiger partial charge in [-0.15, -0.1) is 13.2 Å². The Balaban J connectivity index is 1.98. The fourth-order valence-corrected chi connectivity index (χ4v) is 2.24. The van der Waals surface area contributed by atoms with Gasteiger partial charge >= 0.3 is 12.3 Å². The molecule has 1 amide bonds. The van der Waals surface area contributed by atoms with Crippen molar-refractivity contribution >= 4 is 23.2 Å². The van der Waals surface area contributed by atoms with Crippen LogP contribution in [0, 0.1) is 0 Å². The van der Waals surface area contributed by atoms with Gasteiger partial charge in [-0.05, 0) is 12.8 Å². The number of anilines is 3. The summed E-state index contributed by atoms with van der Waals surface area (Å²) in [5.41, 5.74) is -0.326. The third-order valence-corrected chi connectivity index (χ3v) is 3.57. The van der Waals surface area contributed by atoms with E-state index < -0.39 is 29.8 Å². The van der Waals surface area contributed by atoms with Crippen molar-refractivity contribution in [2.24, 2.45) is 0 Å². The van der Waals surface area contributed by atoms with Crippen molar-refractivity contribution in [3.8, 4) is 11.6 Å². The molecule has 0 saturated heterocycles. The third kappa shape index (κ3) is 6.12. The van der Waals surface area contributed by atoms with Crippen molar-refractivity contribution < 1.29 is 36.2 Å². The lowest BCUT2D eigenvalue weighted by atomic mass is 10.3. The van der Waals surface area contributed by atoms with Crippen LogP contribution in [0.3, 0.4) is 0 Å². The molecule has 2 N–H and O–H groups in total. The number of nitrogens with zero attached hydrogens (tertiary/aromatic N) is 3. The van der Waals surface area contributed by atoms with E-state index in [4.69, 9.17) is 4.74 Å². The summed E-state index contributed by atoms with van der Waals surface area (Å²) in [7, 11) is 0. The Bertz CT molecular complexity index is 944. The lowest BCUT2D eigenvalue weighted by Crippen LogP contribution is -2.19. The van der Waals surface area contributed by atoms with Gasteiger partial charge in [0, 0.05) is 26.0 Å². The number of nitrogens with one attached hydrogen (secondary N) is 2. The number of hydrogen-bond acceptors (Lipinski definition) is 7. The summed E-state index contributed by atoms with van der Waals surface area (Å²) in [4.78, 5) is 22.2. The van der Waals surface area contributed by atoms with Gasteiger partial charge in [0.15, 0.2) is 5.75 Å². The molecule has 13 heteroatoms. The number of rotatable bonds is 7. The van der Waals surface area contributed by atoms with Gasteiger partial charge in [0.25, 0.3) is 0 Å².